The summed E-state index contributed by atoms with van der Waals surface area (Å²) < 4.78 is 0. The Morgan fingerprint density at radius 2 is 2.46 bits per heavy atom. The van der Waals surface area contributed by atoms with Crippen molar-refractivity contribution >= 4 is 11.8 Å². The van der Waals surface area contributed by atoms with Crippen molar-refractivity contribution in [2.24, 2.45) is 5.92 Å². The monoisotopic (exact) mass is 198 g/mol. The molecule has 0 amide bonds. The lowest BCUT2D eigenvalue weighted by Gasteiger charge is -2.32. The van der Waals surface area contributed by atoms with Crippen molar-refractivity contribution in [1.29, 1.82) is 5.26 Å². The minimum atomic E-state index is 0.181. The lowest BCUT2D eigenvalue weighted by atomic mass is 10.1. The zero-order chi connectivity index (χ0) is 9.68. The molecule has 0 N–H and O–H groups in total. The summed E-state index contributed by atoms with van der Waals surface area (Å²) in [7, 11) is 0. The first-order chi connectivity index (χ1) is 6.26. The summed E-state index contributed by atoms with van der Waals surface area (Å²) in [6.45, 7) is 5.31. The topological polar surface area (TPSA) is 27.0 Å². The van der Waals surface area contributed by atoms with E-state index in [2.05, 4.69) is 17.2 Å². The van der Waals surface area contributed by atoms with Gasteiger partial charge in [-0.1, -0.05) is 0 Å². The van der Waals surface area contributed by atoms with Crippen LogP contribution in [0.5, 0.6) is 0 Å². The summed E-state index contributed by atoms with van der Waals surface area (Å²) in [5.41, 5.74) is 0. The van der Waals surface area contributed by atoms with E-state index < -0.39 is 0 Å². The normalized spacial score (nSPS) is 26.7. The second-order valence-electron chi connectivity index (χ2n) is 3.79. The molecule has 0 spiro atoms. The van der Waals surface area contributed by atoms with E-state index in [0.717, 1.165) is 11.8 Å². The van der Waals surface area contributed by atoms with E-state index in [4.69, 9.17) is 5.26 Å². The van der Waals surface area contributed by atoms with Gasteiger partial charge in [0.25, 0.3) is 0 Å². The Balaban J connectivity index is 2.30. The predicted octanol–water partition coefficient (Wildman–Crippen LogP) is 1.97. The largest absolute Gasteiger partial charge is 0.301 e. The Morgan fingerprint density at radius 3 is 3.08 bits per heavy atom. The molecule has 0 saturated carbocycles. The lowest BCUT2D eigenvalue weighted by molar-refractivity contribution is 0.219. The van der Waals surface area contributed by atoms with Crippen molar-refractivity contribution in [3.63, 3.8) is 0 Å². The molecule has 0 aromatic heterocycles. The van der Waals surface area contributed by atoms with Gasteiger partial charge >= 0.3 is 0 Å². The highest BCUT2D eigenvalue weighted by molar-refractivity contribution is 7.99. The van der Waals surface area contributed by atoms with Crippen LogP contribution in [0.1, 0.15) is 19.8 Å². The maximum absolute atomic E-state index is 8.71. The van der Waals surface area contributed by atoms with Crippen LogP contribution in [0.15, 0.2) is 0 Å². The van der Waals surface area contributed by atoms with Crippen LogP contribution in [0.3, 0.4) is 0 Å². The van der Waals surface area contributed by atoms with E-state index in [0.29, 0.717) is 0 Å². The molecule has 0 bridgehead atoms. The molecule has 1 saturated heterocycles. The molecule has 0 aliphatic carbocycles. The van der Waals surface area contributed by atoms with Crippen LogP contribution in [-0.2, 0) is 0 Å². The van der Waals surface area contributed by atoms with Gasteiger partial charge in [-0.25, -0.2) is 0 Å². The summed E-state index contributed by atoms with van der Waals surface area (Å²) in [5, 5.41) is 9.50. The van der Waals surface area contributed by atoms with Gasteiger partial charge in [0.05, 0.1) is 12.0 Å². The van der Waals surface area contributed by atoms with Gasteiger partial charge in [0, 0.05) is 18.3 Å². The van der Waals surface area contributed by atoms with E-state index in [1.54, 1.807) is 0 Å². The number of nitriles is 1. The van der Waals surface area contributed by atoms with E-state index in [1.165, 1.54) is 25.9 Å². The van der Waals surface area contributed by atoms with Crippen molar-refractivity contribution < 1.29 is 0 Å². The Labute approximate surface area is 85.3 Å². The number of hydrogen-bond acceptors (Lipinski definition) is 3. The molecule has 1 aliphatic rings. The Bertz CT molecular complexity index is 188. The third kappa shape index (κ3) is 3.58. The maximum atomic E-state index is 8.71. The molecular formula is C10H18N2S. The fourth-order valence-corrected chi connectivity index (χ4v) is 2.56. The molecule has 74 valence electrons. The number of likely N-dealkylation sites (tertiary alicyclic amines) is 1. The molecule has 13 heavy (non-hydrogen) atoms. The standard InChI is InChI=1S/C10H18N2S/c1-9(6-11)7-12-5-3-4-10(8-12)13-2/h9-10H,3-5,7-8H2,1-2H3. The molecule has 1 rings (SSSR count). The molecular weight excluding hydrogens is 180 g/mol. The van der Waals surface area contributed by atoms with E-state index in [9.17, 15) is 0 Å². The third-order valence-electron chi connectivity index (χ3n) is 2.55. The molecule has 2 atom stereocenters. The van der Waals surface area contributed by atoms with Crippen LogP contribution in [0.4, 0.5) is 0 Å². The van der Waals surface area contributed by atoms with Crippen molar-refractivity contribution in [3.05, 3.63) is 0 Å². The predicted molar refractivity (Wildman–Crippen MR) is 57.8 cm³/mol. The second-order valence-corrected chi connectivity index (χ2v) is 4.93. The quantitative estimate of drug-likeness (QED) is 0.694. The first-order valence-corrected chi connectivity index (χ1v) is 6.19. The first-order valence-electron chi connectivity index (χ1n) is 4.91. The molecule has 1 heterocycles. The summed E-state index contributed by atoms with van der Waals surface area (Å²) in [4.78, 5) is 2.43. The van der Waals surface area contributed by atoms with Gasteiger partial charge in [-0.3, -0.25) is 0 Å². The molecule has 0 aromatic rings. The number of piperidine rings is 1. The summed E-state index contributed by atoms with van der Waals surface area (Å²) in [6.07, 6.45) is 4.82. The second kappa shape index (κ2) is 5.51. The van der Waals surface area contributed by atoms with Gasteiger partial charge in [-0.05, 0) is 32.6 Å². The van der Waals surface area contributed by atoms with Crippen LogP contribution in [-0.4, -0.2) is 36.0 Å². The number of rotatable bonds is 3. The van der Waals surface area contributed by atoms with Gasteiger partial charge in [-0.15, -0.1) is 0 Å². The SMILES string of the molecule is CSC1CCCN(CC(C)C#N)C1. The molecule has 1 fully saturated rings. The lowest BCUT2D eigenvalue weighted by Crippen LogP contribution is -2.39. The van der Waals surface area contributed by atoms with Gasteiger partial charge in [0.15, 0.2) is 0 Å². The molecule has 0 radical (unpaired) electrons. The molecule has 2 unspecified atom stereocenters. The third-order valence-corrected chi connectivity index (χ3v) is 3.60. The zero-order valence-corrected chi connectivity index (χ0v) is 9.31. The number of nitrogens with zero attached hydrogens (tertiary/aromatic N) is 2. The van der Waals surface area contributed by atoms with E-state index in [-0.39, 0.29) is 5.92 Å². The molecule has 1 aliphatic heterocycles. The Morgan fingerprint density at radius 1 is 1.69 bits per heavy atom. The van der Waals surface area contributed by atoms with Crippen molar-refractivity contribution in [2.45, 2.75) is 25.0 Å². The van der Waals surface area contributed by atoms with Crippen LogP contribution in [0, 0.1) is 17.2 Å². The van der Waals surface area contributed by atoms with Crippen molar-refractivity contribution in [1.82, 2.24) is 4.90 Å². The van der Waals surface area contributed by atoms with Gasteiger partial charge in [0.1, 0.15) is 0 Å². The summed E-state index contributed by atoms with van der Waals surface area (Å²) in [6, 6.07) is 2.30. The van der Waals surface area contributed by atoms with E-state index in [1.807, 2.05) is 18.7 Å². The molecule has 2 nitrogen and oxygen atoms in total. The molecule has 3 heteroatoms. The van der Waals surface area contributed by atoms with Gasteiger partial charge in [0.2, 0.25) is 0 Å². The Hall–Kier alpha value is -0.200. The van der Waals surface area contributed by atoms with Crippen LogP contribution >= 0.6 is 11.8 Å². The molecule has 0 aromatic carbocycles. The number of thioether (sulfide) groups is 1. The highest BCUT2D eigenvalue weighted by atomic mass is 32.2. The fourth-order valence-electron chi connectivity index (χ4n) is 1.80. The van der Waals surface area contributed by atoms with Crippen LogP contribution < -0.4 is 0 Å². The number of hydrogen-bond donors (Lipinski definition) is 0. The summed E-state index contributed by atoms with van der Waals surface area (Å²) in [5.74, 6) is 0.181. The van der Waals surface area contributed by atoms with Crippen LogP contribution in [0.25, 0.3) is 0 Å². The fraction of sp³-hybridized carbons (Fsp3) is 0.900. The van der Waals surface area contributed by atoms with Gasteiger partial charge in [-0.2, -0.15) is 17.0 Å². The highest BCUT2D eigenvalue weighted by Crippen LogP contribution is 2.20. The average molecular weight is 198 g/mol. The van der Waals surface area contributed by atoms with Crippen molar-refractivity contribution in [2.75, 3.05) is 25.9 Å². The zero-order valence-electron chi connectivity index (χ0n) is 8.49. The summed E-state index contributed by atoms with van der Waals surface area (Å²) >= 11 is 1.96. The van der Waals surface area contributed by atoms with Crippen LogP contribution in [0.2, 0.25) is 0 Å². The first kappa shape index (κ1) is 10.9. The minimum absolute atomic E-state index is 0.181. The van der Waals surface area contributed by atoms with Gasteiger partial charge < -0.3 is 4.90 Å². The average Bonchev–Trinajstić information content (AvgIpc) is 2.18. The smallest absolute Gasteiger partial charge is 0.0666 e. The van der Waals surface area contributed by atoms with E-state index >= 15 is 0 Å². The minimum Gasteiger partial charge on any atom is -0.301 e. The maximum Gasteiger partial charge on any atom is 0.0666 e. The Kier molecular flexibility index (Phi) is 4.61. The van der Waals surface area contributed by atoms with Crippen molar-refractivity contribution in [3.8, 4) is 6.07 Å². The highest BCUT2D eigenvalue weighted by Gasteiger charge is 2.19.